The fraction of sp³-hybridized carbons (Fsp3) is 0.891. The van der Waals surface area contributed by atoms with E-state index in [0.29, 0.717) is 19.4 Å². The monoisotopic (exact) mass is 860 g/mol. The number of hydrogen-bond donors (Lipinski definition) is 3. The Morgan fingerprint density at radius 1 is 0.443 bits per heavy atom. The maximum absolute atomic E-state index is 12.4. The molecule has 3 N–H and O–H groups in total. The van der Waals surface area contributed by atoms with Crippen LogP contribution < -0.4 is 5.32 Å². The van der Waals surface area contributed by atoms with Crippen LogP contribution in [-0.2, 0) is 14.3 Å². The van der Waals surface area contributed by atoms with Crippen LogP contribution in [0.5, 0.6) is 0 Å². The first-order valence-corrected chi connectivity index (χ1v) is 27.1. The van der Waals surface area contributed by atoms with Crippen molar-refractivity contribution in [2.45, 2.75) is 302 Å². The SMILES string of the molecule is CCCCCC/C=C\CCCCCCCC(=O)OCCCCCCCCCCCCCCCCCCC(=O)NC(CO)C(O)/C=C/CCCCCCCCCCCCCCC. The standard InChI is InChI=1S/C55H105NO5/c1-3-5-7-9-11-13-15-17-20-24-27-31-35-39-43-47-53(58)52(51-57)56-54(59)48-44-40-36-32-28-25-21-18-19-22-26-30-34-38-42-46-50-61-55(60)49-45-41-37-33-29-23-16-14-12-10-8-6-4-2/h14,16,43,47,52-53,57-58H,3-13,15,17-42,44-46,48-51H2,1-2H3,(H,56,59)/b16-14-,47-43+. The quantitative estimate of drug-likeness (QED) is 0.0322. The van der Waals surface area contributed by atoms with Crippen molar-refractivity contribution in [3.8, 4) is 0 Å². The lowest BCUT2D eigenvalue weighted by molar-refractivity contribution is -0.143. The first kappa shape index (κ1) is 59.3. The number of unbranched alkanes of at least 4 members (excludes halogenated alkanes) is 37. The number of aliphatic hydroxyl groups is 2. The van der Waals surface area contributed by atoms with Gasteiger partial charge in [-0.05, 0) is 57.8 Å². The Bertz CT molecular complexity index is 951. The molecule has 0 fully saturated rings. The number of carbonyl (C=O) groups is 2. The lowest BCUT2D eigenvalue weighted by atomic mass is 10.0. The van der Waals surface area contributed by atoms with Crippen molar-refractivity contribution in [3.05, 3.63) is 24.3 Å². The summed E-state index contributed by atoms with van der Waals surface area (Å²) in [4.78, 5) is 24.4. The zero-order valence-electron chi connectivity index (χ0n) is 40.9. The van der Waals surface area contributed by atoms with Crippen LogP contribution >= 0.6 is 0 Å². The summed E-state index contributed by atoms with van der Waals surface area (Å²) >= 11 is 0. The first-order chi connectivity index (χ1) is 30.0. The van der Waals surface area contributed by atoms with Crippen LogP contribution in [0.2, 0.25) is 0 Å². The van der Waals surface area contributed by atoms with Crippen molar-refractivity contribution >= 4 is 11.9 Å². The molecule has 0 saturated carbocycles. The van der Waals surface area contributed by atoms with E-state index in [2.05, 4.69) is 31.3 Å². The lowest BCUT2D eigenvalue weighted by Gasteiger charge is -2.20. The molecule has 0 aromatic heterocycles. The molecule has 6 nitrogen and oxygen atoms in total. The van der Waals surface area contributed by atoms with Gasteiger partial charge < -0.3 is 20.3 Å². The van der Waals surface area contributed by atoms with E-state index in [9.17, 15) is 19.8 Å². The van der Waals surface area contributed by atoms with Gasteiger partial charge in [-0.3, -0.25) is 9.59 Å². The minimum Gasteiger partial charge on any atom is -0.466 e. The summed E-state index contributed by atoms with van der Waals surface area (Å²) in [5.41, 5.74) is 0. The number of ether oxygens (including phenoxy) is 1. The Morgan fingerprint density at radius 2 is 0.770 bits per heavy atom. The van der Waals surface area contributed by atoms with Crippen LogP contribution in [0.1, 0.15) is 290 Å². The summed E-state index contributed by atoms with van der Waals surface area (Å²) in [6.45, 7) is 4.87. The van der Waals surface area contributed by atoms with Gasteiger partial charge in [0.1, 0.15) is 0 Å². The maximum Gasteiger partial charge on any atom is 0.305 e. The number of nitrogens with one attached hydrogen (secondary N) is 1. The zero-order chi connectivity index (χ0) is 44.4. The Morgan fingerprint density at radius 3 is 1.18 bits per heavy atom. The van der Waals surface area contributed by atoms with E-state index >= 15 is 0 Å². The fourth-order valence-electron chi connectivity index (χ4n) is 8.27. The normalized spacial score (nSPS) is 12.8. The average Bonchev–Trinajstić information content (AvgIpc) is 3.26. The van der Waals surface area contributed by atoms with E-state index < -0.39 is 12.1 Å². The molecule has 0 aromatic carbocycles. The van der Waals surface area contributed by atoms with Crippen LogP contribution in [0.3, 0.4) is 0 Å². The highest BCUT2D eigenvalue weighted by Gasteiger charge is 2.18. The molecule has 0 spiro atoms. The Hall–Kier alpha value is -1.66. The summed E-state index contributed by atoms with van der Waals surface area (Å²) in [6, 6.07) is -0.632. The van der Waals surface area contributed by atoms with E-state index in [1.165, 1.54) is 218 Å². The summed E-state index contributed by atoms with van der Waals surface area (Å²) in [5, 5.41) is 23.1. The number of aliphatic hydroxyl groups excluding tert-OH is 2. The largest absolute Gasteiger partial charge is 0.466 e. The number of allylic oxidation sites excluding steroid dienone is 3. The van der Waals surface area contributed by atoms with Crippen molar-refractivity contribution in [1.82, 2.24) is 5.32 Å². The third-order valence-corrected chi connectivity index (χ3v) is 12.5. The summed E-state index contributed by atoms with van der Waals surface area (Å²) in [7, 11) is 0. The molecule has 0 aliphatic heterocycles. The second kappa shape index (κ2) is 51.0. The van der Waals surface area contributed by atoms with E-state index in [1.807, 2.05) is 6.08 Å². The molecule has 0 saturated heterocycles. The van der Waals surface area contributed by atoms with Crippen LogP contribution in [0.25, 0.3) is 0 Å². The molecule has 0 bridgehead atoms. The maximum atomic E-state index is 12.4. The van der Waals surface area contributed by atoms with Gasteiger partial charge in [-0.2, -0.15) is 0 Å². The van der Waals surface area contributed by atoms with Gasteiger partial charge in [-0.15, -0.1) is 0 Å². The van der Waals surface area contributed by atoms with Gasteiger partial charge in [0, 0.05) is 12.8 Å². The van der Waals surface area contributed by atoms with Crippen LogP contribution in [0.4, 0.5) is 0 Å². The summed E-state index contributed by atoms with van der Waals surface area (Å²) < 4.78 is 5.46. The van der Waals surface area contributed by atoms with Gasteiger partial charge in [-0.25, -0.2) is 0 Å². The van der Waals surface area contributed by atoms with Gasteiger partial charge >= 0.3 is 5.97 Å². The first-order valence-electron chi connectivity index (χ1n) is 27.1. The molecule has 360 valence electrons. The van der Waals surface area contributed by atoms with E-state index in [0.717, 1.165) is 44.9 Å². The van der Waals surface area contributed by atoms with Crippen LogP contribution in [0, 0.1) is 0 Å². The summed E-state index contributed by atoms with van der Waals surface area (Å²) in [5.74, 6) is -0.0815. The number of amides is 1. The van der Waals surface area contributed by atoms with Crippen LogP contribution in [-0.4, -0.2) is 47.4 Å². The van der Waals surface area contributed by atoms with Gasteiger partial charge in [0.25, 0.3) is 0 Å². The third kappa shape index (κ3) is 47.7. The minimum absolute atomic E-state index is 0.00720. The number of rotatable bonds is 50. The molecule has 0 aliphatic rings. The molecule has 2 atom stereocenters. The molecular weight excluding hydrogens is 755 g/mol. The van der Waals surface area contributed by atoms with E-state index in [4.69, 9.17) is 4.74 Å². The minimum atomic E-state index is -0.848. The number of hydrogen-bond acceptors (Lipinski definition) is 5. The summed E-state index contributed by atoms with van der Waals surface area (Å²) in [6.07, 6.45) is 60.4. The Balaban J connectivity index is 3.46. The van der Waals surface area contributed by atoms with Crippen molar-refractivity contribution in [2.24, 2.45) is 0 Å². The molecule has 0 aliphatic carbocycles. The van der Waals surface area contributed by atoms with Crippen molar-refractivity contribution < 1.29 is 24.5 Å². The average molecular weight is 860 g/mol. The molecule has 6 heteroatoms. The highest BCUT2D eigenvalue weighted by atomic mass is 16.5. The van der Waals surface area contributed by atoms with Crippen molar-refractivity contribution in [2.75, 3.05) is 13.2 Å². The van der Waals surface area contributed by atoms with Gasteiger partial charge in [0.15, 0.2) is 0 Å². The molecule has 0 aromatic rings. The topological polar surface area (TPSA) is 95.9 Å². The number of carbonyl (C=O) groups excluding carboxylic acids is 2. The fourth-order valence-corrected chi connectivity index (χ4v) is 8.27. The molecule has 2 unspecified atom stereocenters. The second-order valence-corrected chi connectivity index (χ2v) is 18.6. The lowest BCUT2D eigenvalue weighted by Crippen LogP contribution is -2.45. The Labute approximate surface area is 380 Å². The smallest absolute Gasteiger partial charge is 0.305 e. The highest BCUT2D eigenvalue weighted by Crippen LogP contribution is 2.16. The molecule has 61 heavy (non-hydrogen) atoms. The molecule has 1 amide bonds. The highest BCUT2D eigenvalue weighted by molar-refractivity contribution is 5.76. The van der Waals surface area contributed by atoms with Crippen LogP contribution in [0.15, 0.2) is 24.3 Å². The Kier molecular flexibility index (Phi) is 49.6. The predicted molar refractivity (Wildman–Crippen MR) is 264 cm³/mol. The molecular formula is C55H105NO5. The molecule has 0 radical (unpaired) electrons. The predicted octanol–water partition coefficient (Wildman–Crippen LogP) is 16.3. The van der Waals surface area contributed by atoms with E-state index in [1.54, 1.807) is 6.08 Å². The van der Waals surface area contributed by atoms with Gasteiger partial charge in [0.05, 0.1) is 25.4 Å². The zero-order valence-corrected chi connectivity index (χ0v) is 40.9. The third-order valence-electron chi connectivity index (χ3n) is 12.5. The van der Waals surface area contributed by atoms with Crippen molar-refractivity contribution in [3.63, 3.8) is 0 Å². The molecule has 0 heterocycles. The van der Waals surface area contributed by atoms with Crippen molar-refractivity contribution in [1.29, 1.82) is 0 Å². The van der Waals surface area contributed by atoms with E-state index in [-0.39, 0.29) is 18.5 Å². The van der Waals surface area contributed by atoms with Gasteiger partial charge in [0.2, 0.25) is 5.91 Å². The van der Waals surface area contributed by atoms with Gasteiger partial charge in [-0.1, -0.05) is 244 Å². The number of esters is 1. The second-order valence-electron chi connectivity index (χ2n) is 18.6. The molecule has 0 rings (SSSR count).